The summed E-state index contributed by atoms with van der Waals surface area (Å²) in [5, 5.41) is 11.7. The summed E-state index contributed by atoms with van der Waals surface area (Å²) in [7, 11) is 0. The van der Waals surface area contributed by atoms with Crippen molar-refractivity contribution in [3.63, 3.8) is 0 Å². The van der Waals surface area contributed by atoms with Gasteiger partial charge in [-0.3, -0.25) is 4.79 Å². The molecule has 0 saturated carbocycles. The fourth-order valence-corrected chi connectivity index (χ4v) is 1.62. The zero-order valence-corrected chi connectivity index (χ0v) is 7.10. The number of nitrogens with one attached hydrogen (secondary N) is 1. The molecule has 2 atom stereocenters. The van der Waals surface area contributed by atoms with Crippen LogP contribution in [0.25, 0.3) is 0 Å². The molecule has 1 aliphatic rings. The number of carbonyl (C=O) groups is 1. The van der Waals surface area contributed by atoms with Crippen LogP contribution in [0.5, 0.6) is 0 Å². The summed E-state index contributed by atoms with van der Waals surface area (Å²) in [6, 6.07) is 9.36. The van der Waals surface area contributed by atoms with Crippen molar-refractivity contribution < 1.29 is 9.90 Å². The Balaban J connectivity index is 2.15. The monoisotopic (exact) mass is 177 g/mol. The fourth-order valence-electron chi connectivity index (χ4n) is 1.62. The third-order valence-electron chi connectivity index (χ3n) is 2.45. The molecule has 1 aromatic carbocycles. The first-order chi connectivity index (χ1) is 6.29. The lowest BCUT2D eigenvalue weighted by Crippen LogP contribution is -2.55. The molecule has 2 rings (SSSR count). The molecule has 0 amide bonds. The average molecular weight is 177 g/mol. The van der Waals surface area contributed by atoms with Crippen LogP contribution in [-0.4, -0.2) is 23.7 Å². The molecule has 1 saturated heterocycles. The van der Waals surface area contributed by atoms with Crippen LogP contribution in [0.3, 0.4) is 0 Å². The average Bonchev–Trinajstić information content (AvgIpc) is 2.02. The van der Waals surface area contributed by atoms with Gasteiger partial charge in [0.05, 0.1) is 0 Å². The van der Waals surface area contributed by atoms with Gasteiger partial charge in [0.25, 0.3) is 0 Å². The maximum absolute atomic E-state index is 10.7. The van der Waals surface area contributed by atoms with Crippen molar-refractivity contribution in [2.24, 2.45) is 0 Å². The van der Waals surface area contributed by atoms with Gasteiger partial charge in [0.15, 0.2) is 0 Å². The van der Waals surface area contributed by atoms with Crippen LogP contribution >= 0.6 is 0 Å². The number of carboxylic acid groups (broad SMARTS) is 1. The molecule has 1 aromatic rings. The van der Waals surface area contributed by atoms with Gasteiger partial charge in [-0.2, -0.15) is 0 Å². The smallest absolute Gasteiger partial charge is 0.321 e. The molecule has 1 aliphatic heterocycles. The van der Waals surface area contributed by atoms with Crippen molar-refractivity contribution in [2.45, 2.75) is 12.0 Å². The number of hydrogen-bond acceptors (Lipinski definition) is 2. The van der Waals surface area contributed by atoms with E-state index < -0.39 is 12.0 Å². The minimum absolute atomic E-state index is 0.138. The summed E-state index contributed by atoms with van der Waals surface area (Å²) < 4.78 is 0. The lowest BCUT2D eigenvalue weighted by Gasteiger charge is -2.35. The Labute approximate surface area is 76.4 Å². The second-order valence-electron chi connectivity index (χ2n) is 3.24. The Morgan fingerprint density at radius 2 is 2.08 bits per heavy atom. The molecule has 2 N–H and O–H groups in total. The van der Waals surface area contributed by atoms with Gasteiger partial charge in [-0.25, -0.2) is 0 Å². The molecule has 3 heteroatoms. The van der Waals surface area contributed by atoms with Gasteiger partial charge in [0, 0.05) is 12.5 Å². The van der Waals surface area contributed by atoms with Gasteiger partial charge in [-0.1, -0.05) is 30.3 Å². The SMILES string of the molecule is O=C(O)[C@H]1NCC1c1ccccc1. The lowest BCUT2D eigenvalue weighted by molar-refractivity contribution is -0.142. The van der Waals surface area contributed by atoms with Crippen molar-refractivity contribution in [2.75, 3.05) is 6.54 Å². The van der Waals surface area contributed by atoms with E-state index in [1.807, 2.05) is 30.3 Å². The molecule has 0 radical (unpaired) electrons. The molecular formula is C10H11NO2. The normalized spacial score (nSPS) is 26.5. The van der Waals surface area contributed by atoms with E-state index in [0.29, 0.717) is 0 Å². The standard InChI is InChI=1S/C10H11NO2/c12-10(13)9-8(6-11-9)7-4-2-1-3-5-7/h1-5,8-9,11H,6H2,(H,12,13)/t8?,9-/m0/s1. The van der Waals surface area contributed by atoms with E-state index in [1.165, 1.54) is 0 Å². The summed E-state index contributed by atoms with van der Waals surface area (Å²) in [5.74, 6) is -0.626. The first kappa shape index (κ1) is 8.26. The number of aliphatic carboxylic acids is 1. The summed E-state index contributed by atoms with van der Waals surface area (Å²) in [5.41, 5.74) is 1.11. The summed E-state index contributed by atoms with van der Waals surface area (Å²) >= 11 is 0. The number of benzene rings is 1. The van der Waals surface area contributed by atoms with Crippen LogP contribution in [0.4, 0.5) is 0 Å². The van der Waals surface area contributed by atoms with Crippen LogP contribution in [-0.2, 0) is 4.79 Å². The third-order valence-corrected chi connectivity index (χ3v) is 2.45. The van der Waals surface area contributed by atoms with Crippen molar-refractivity contribution in [3.8, 4) is 0 Å². The third kappa shape index (κ3) is 1.42. The zero-order valence-electron chi connectivity index (χ0n) is 7.10. The second kappa shape index (κ2) is 3.18. The van der Waals surface area contributed by atoms with E-state index >= 15 is 0 Å². The van der Waals surface area contributed by atoms with E-state index in [0.717, 1.165) is 12.1 Å². The first-order valence-corrected chi connectivity index (χ1v) is 4.30. The highest BCUT2D eigenvalue weighted by atomic mass is 16.4. The van der Waals surface area contributed by atoms with Gasteiger partial charge in [-0.15, -0.1) is 0 Å². The highest BCUT2D eigenvalue weighted by molar-refractivity contribution is 5.76. The van der Waals surface area contributed by atoms with Gasteiger partial charge >= 0.3 is 5.97 Å². The van der Waals surface area contributed by atoms with Crippen LogP contribution in [0, 0.1) is 0 Å². The van der Waals surface area contributed by atoms with Crippen LogP contribution < -0.4 is 5.32 Å². The molecule has 0 aromatic heterocycles. The van der Waals surface area contributed by atoms with Gasteiger partial charge < -0.3 is 10.4 Å². The predicted octanol–water partition coefficient (Wildman–Crippen LogP) is 0.827. The van der Waals surface area contributed by atoms with E-state index in [2.05, 4.69) is 5.32 Å². The Morgan fingerprint density at radius 1 is 1.38 bits per heavy atom. The largest absolute Gasteiger partial charge is 0.480 e. The highest BCUT2D eigenvalue weighted by Crippen LogP contribution is 2.25. The van der Waals surface area contributed by atoms with Crippen LogP contribution in [0.2, 0.25) is 0 Å². The summed E-state index contributed by atoms with van der Waals surface area (Å²) in [6.45, 7) is 0.765. The van der Waals surface area contributed by atoms with E-state index in [1.54, 1.807) is 0 Å². The molecule has 1 unspecified atom stereocenters. The summed E-state index contributed by atoms with van der Waals surface area (Å²) in [6.07, 6.45) is 0. The Kier molecular flexibility index (Phi) is 2.02. The topological polar surface area (TPSA) is 49.3 Å². The Hall–Kier alpha value is -1.35. The maximum Gasteiger partial charge on any atom is 0.321 e. The molecule has 1 fully saturated rings. The molecule has 3 nitrogen and oxygen atoms in total. The molecule has 0 spiro atoms. The highest BCUT2D eigenvalue weighted by Gasteiger charge is 2.36. The van der Waals surface area contributed by atoms with Crippen LogP contribution in [0.15, 0.2) is 30.3 Å². The Bertz CT molecular complexity index is 310. The van der Waals surface area contributed by atoms with Gasteiger partial charge in [0.2, 0.25) is 0 Å². The fraction of sp³-hybridized carbons (Fsp3) is 0.300. The van der Waals surface area contributed by atoms with Crippen molar-refractivity contribution in [1.29, 1.82) is 0 Å². The van der Waals surface area contributed by atoms with E-state index in [9.17, 15) is 4.79 Å². The molecule has 0 bridgehead atoms. The zero-order chi connectivity index (χ0) is 9.26. The Morgan fingerprint density at radius 3 is 2.54 bits per heavy atom. The van der Waals surface area contributed by atoms with Crippen molar-refractivity contribution in [1.82, 2.24) is 5.32 Å². The first-order valence-electron chi connectivity index (χ1n) is 4.30. The van der Waals surface area contributed by atoms with Crippen molar-refractivity contribution in [3.05, 3.63) is 35.9 Å². The van der Waals surface area contributed by atoms with Gasteiger partial charge in [-0.05, 0) is 5.56 Å². The second-order valence-corrected chi connectivity index (χ2v) is 3.24. The minimum Gasteiger partial charge on any atom is -0.480 e. The molecule has 1 heterocycles. The van der Waals surface area contributed by atoms with Gasteiger partial charge in [0.1, 0.15) is 6.04 Å². The van der Waals surface area contributed by atoms with E-state index in [-0.39, 0.29) is 5.92 Å². The predicted molar refractivity (Wildman–Crippen MR) is 48.6 cm³/mol. The number of hydrogen-bond donors (Lipinski definition) is 2. The molecule has 0 aliphatic carbocycles. The molecule has 13 heavy (non-hydrogen) atoms. The molecule has 68 valence electrons. The lowest BCUT2D eigenvalue weighted by atomic mass is 9.85. The van der Waals surface area contributed by atoms with E-state index in [4.69, 9.17) is 5.11 Å². The summed E-state index contributed by atoms with van der Waals surface area (Å²) in [4.78, 5) is 10.7. The maximum atomic E-state index is 10.7. The van der Waals surface area contributed by atoms with Crippen LogP contribution in [0.1, 0.15) is 11.5 Å². The number of carboxylic acids is 1. The van der Waals surface area contributed by atoms with Crippen molar-refractivity contribution >= 4 is 5.97 Å². The number of rotatable bonds is 2. The minimum atomic E-state index is -0.764. The quantitative estimate of drug-likeness (QED) is 0.703. The molecular weight excluding hydrogens is 166 g/mol.